The van der Waals surface area contributed by atoms with Gasteiger partial charge in [-0.2, -0.15) is 0 Å². The van der Waals surface area contributed by atoms with Crippen LogP contribution in [-0.4, -0.2) is 56.2 Å². The van der Waals surface area contributed by atoms with Gasteiger partial charge in [-0.15, -0.1) is 10.2 Å². The van der Waals surface area contributed by atoms with Crippen LogP contribution in [0.15, 0.2) is 36.4 Å². The minimum atomic E-state index is -2.97. The molecule has 9 heteroatoms. The maximum absolute atomic E-state index is 12.3. The maximum atomic E-state index is 12.3. The van der Waals surface area contributed by atoms with Gasteiger partial charge in [-0.3, -0.25) is 4.79 Å². The van der Waals surface area contributed by atoms with Crippen LogP contribution in [0.4, 0.5) is 5.82 Å². The Bertz CT molecular complexity index is 915. The molecule has 8 nitrogen and oxygen atoms in total. The minimum absolute atomic E-state index is 0.116. The van der Waals surface area contributed by atoms with Gasteiger partial charge in [-0.05, 0) is 24.6 Å². The first-order valence-corrected chi connectivity index (χ1v) is 10.4. The number of aromatic nitrogens is 2. The van der Waals surface area contributed by atoms with Gasteiger partial charge >= 0.3 is 0 Å². The molecule has 2 aromatic rings. The summed E-state index contributed by atoms with van der Waals surface area (Å²) in [5.41, 5.74) is 1.06. The van der Waals surface area contributed by atoms with Crippen molar-refractivity contribution in [2.75, 3.05) is 30.6 Å². The van der Waals surface area contributed by atoms with Crippen LogP contribution in [0.5, 0.6) is 5.75 Å². The number of carbonyl (C=O) groups is 1. The summed E-state index contributed by atoms with van der Waals surface area (Å²) < 4.78 is 28.5. The third kappa shape index (κ3) is 4.54. The zero-order chi connectivity index (χ0) is 19.4. The lowest BCUT2D eigenvalue weighted by atomic mass is 10.2. The molecule has 144 valence electrons. The summed E-state index contributed by atoms with van der Waals surface area (Å²) in [7, 11) is 0.395. The van der Waals surface area contributed by atoms with Crippen molar-refractivity contribution in [3.05, 3.63) is 47.7 Å². The molecule has 0 bridgehead atoms. The highest BCUT2D eigenvalue weighted by Crippen LogP contribution is 2.21. The van der Waals surface area contributed by atoms with E-state index in [-0.39, 0.29) is 29.1 Å². The Morgan fingerprint density at radius 3 is 2.67 bits per heavy atom. The lowest BCUT2D eigenvalue weighted by Crippen LogP contribution is -2.33. The summed E-state index contributed by atoms with van der Waals surface area (Å²) in [6.45, 7) is 0.312. The predicted molar refractivity (Wildman–Crippen MR) is 102 cm³/mol. The number of amides is 1. The van der Waals surface area contributed by atoms with E-state index in [1.54, 1.807) is 31.2 Å². The second kappa shape index (κ2) is 7.91. The Hall–Kier alpha value is -2.68. The number of carbonyl (C=O) groups excluding carboxylic acids is 1. The van der Waals surface area contributed by atoms with E-state index < -0.39 is 9.84 Å². The summed E-state index contributed by atoms with van der Waals surface area (Å²) >= 11 is 0. The van der Waals surface area contributed by atoms with Gasteiger partial charge in [0.2, 0.25) is 0 Å². The number of hydrogen-bond donors (Lipinski definition) is 1. The SMILES string of the molecule is COc1ccccc1CNC(=O)c1ccc(N(C)C2CCS(=O)(=O)C2)nn1. The van der Waals surface area contributed by atoms with Gasteiger partial charge in [0.05, 0.1) is 18.6 Å². The fraction of sp³-hybridized carbons (Fsp3) is 0.389. The maximum Gasteiger partial charge on any atom is 0.272 e. The fourth-order valence-electron chi connectivity index (χ4n) is 3.02. The first-order valence-electron chi connectivity index (χ1n) is 8.57. The zero-order valence-corrected chi connectivity index (χ0v) is 16.1. The molecular formula is C18H22N4O4S. The van der Waals surface area contributed by atoms with Crippen molar-refractivity contribution >= 4 is 21.6 Å². The van der Waals surface area contributed by atoms with Gasteiger partial charge in [0, 0.05) is 25.2 Å². The lowest BCUT2D eigenvalue weighted by Gasteiger charge is -2.23. The topological polar surface area (TPSA) is 101 Å². The van der Waals surface area contributed by atoms with Gasteiger partial charge in [0.1, 0.15) is 5.75 Å². The molecular weight excluding hydrogens is 368 g/mol. The van der Waals surface area contributed by atoms with Crippen LogP contribution in [0.3, 0.4) is 0 Å². The van der Waals surface area contributed by atoms with Gasteiger partial charge in [0.15, 0.2) is 21.3 Å². The molecule has 1 atom stereocenters. The molecule has 3 rings (SSSR count). The number of benzene rings is 1. The predicted octanol–water partition coefficient (Wildman–Crippen LogP) is 1.04. The van der Waals surface area contributed by atoms with Crippen molar-refractivity contribution in [1.29, 1.82) is 0 Å². The highest BCUT2D eigenvalue weighted by molar-refractivity contribution is 7.91. The summed E-state index contributed by atoms with van der Waals surface area (Å²) in [4.78, 5) is 14.1. The average Bonchev–Trinajstić information content (AvgIpc) is 3.05. The number of anilines is 1. The molecule has 0 saturated carbocycles. The van der Waals surface area contributed by atoms with Crippen LogP contribution in [0.2, 0.25) is 0 Å². The Labute approximate surface area is 158 Å². The molecule has 1 N–H and O–H groups in total. The number of nitrogens with one attached hydrogen (secondary N) is 1. The number of sulfone groups is 1. The molecule has 1 fully saturated rings. The van der Waals surface area contributed by atoms with E-state index in [4.69, 9.17) is 4.74 Å². The van der Waals surface area contributed by atoms with Crippen LogP contribution < -0.4 is 15.0 Å². The minimum Gasteiger partial charge on any atom is -0.496 e. The monoisotopic (exact) mass is 390 g/mol. The Kier molecular flexibility index (Phi) is 5.59. The molecule has 1 amide bonds. The number of hydrogen-bond acceptors (Lipinski definition) is 7. The zero-order valence-electron chi connectivity index (χ0n) is 15.3. The van der Waals surface area contributed by atoms with Crippen molar-refractivity contribution in [3.8, 4) is 5.75 Å². The highest BCUT2D eigenvalue weighted by Gasteiger charge is 2.31. The Balaban J connectivity index is 1.62. The van der Waals surface area contributed by atoms with Crippen LogP contribution in [0.25, 0.3) is 0 Å². The summed E-state index contributed by atoms with van der Waals surface area (Å²) in [5.74, 6) is 1.21. The van der Waals surface area contributed by atoms with E-state index >= 15 is 0 Å². The lowest BCUT2D eigenvalue weighted by molar-refractivity contribution is 0.0944. The molecule has 1 aromatic heterocycles. The first kappa shape index (κ1) is 19.1. The Morgan fingerprint density at radius 2 is 2.04 bits per heavy atom. The van der Waals surface area contributed by atoms with Crippen molar-refractivity contribution in [1.82, 2.24) is 15.5 Å². The van der Waals surface area contributed by atoms with E-state index in [1.165, 1.54) is 0 Å². The highest BCUT2D eigenvalue weighted by atomic mass is 32.2. The van der Waals surface area contributed by atoms with E-state index in [0.717, 1.165) is 5.56 Å². The number of rotatable bonds is 6. The Morgan fingerprint density at radius 1 is 1.26 bits per heavy atom. The molecule has 1 aromatic carbocycles. The molecule has 0 aliphatic carbocycles. The van der Waals surface area contributed by atoms with Crippen molar-refractivity contribution in [2.24, 2.45) is 0 Å². The number of ether oxygens (including phenoxy) is 1. The molecule has 0 spiro atoms. The van der Waals surface area contributed by atoms with E-state index in [9.17, 15) is 13.2 Å². The number of nitrogens with zero attached hydrogens (tertiary/aromatic N) is 3. The van der Waals surface area contributed by atoms with E-state index in [2.05, 4.69) is 15.5 Å². The van der Waals surface area contributed by atoms with E-state index in [0.29, 0.717) is 24.5 Å². The standard InChI is InChI=1S/C18H22N4O4S/c1-22(14-9-10-27(24,25)12-14)17-8-7-15(20-21-17)18(23)19-11-13-5-3-4-6-16(13)26-2/h3-8,14H,9-12H2,1-2H3,(H,19,23). The smallest absolute Gasteiger partial charge is 0.272 e. The second-order valence-electron chi connectivity index (χ2n) is 6.44. The van der Waals surface area contributed by atoms with Crippen molar-refractivity contribution in [3.63, 3.8) is 0 Å². The van der Waals surface area contributed by atoms with Crippen LogP contribution in [0, 0.1) is 0 Å². The normalized spacial score (nSPS) is 18.1. The number of methoxy groups -OCH3 is 1. The van der Waals surface area contributed by atoms with Crippen molar-refractivity contribution < 1.29 is 17.9 Å². The third-order valence-corrected chi connectivity index (χ3v) is 6.38. The first-order chi connectivity index (χ1) is 12.9. The molecule has 1 aliphatic heterocycles. The largest absolute Gasteiger partial charge is 0.496 e. The summed E-state index contributed by atoms with van der Waals surface area (Å²) in [5, 5.41) is 10.8. The molecule has 1 aliphatic rings. The van der Waals surface area contributed by atoms with Crippen LogP contribution in [-0.2, 0) is 16.4 Å². The van der Waals surface area contributed by atoms with Gasteiger partial charge in [0.25, 0.3) is 5.91 Å². The molecule has 27 heavy (non-hydrogen) atoms. The summed E-state index contributed by atoms with van der Waals surface area (Å²) in [6.07, 6.45) is 0.571. The van der Waals surface area contributed by atoms with Gasteiger partial charge in [-0.1, -0.05) is 18.2 Å². The average molecular weight is 390 g/mol. The second-order valence-corrected chi connectivity index (χ2v) is 8.67. The van der Waals surface area contributed by atoms with E-state index in [1.807, 2.05) is 24.3 Å². The quantitative estimate of drug-likeness (QED) is 0.786. The molecule has 0 radical (unpaired) electrons. The van der Waals surface area contributed by atoms with Gasteiger partial charge in [-0.25, -0.2) is 8.42 Å². The van der Waals surface area contributed by atoms with Crippen molar-refractivity contribution in [2.45, 2.75) is 19.0 Å². The van der Waals surface area contributed by atoms with Crippen LogP contribution in [0.1, 0.15) is 22.5 Å². The third-order valence-electron chi connectivity index (χ3n) is 4.63. The van der Waals surface area contributed by atoms with Gasteiger partial charge < -0.3 is 15.0 Å². The fourth-order valence-corrected chi connectivity index (χ4v) is 4.79. The van der Waals surface area contributed by atoms with Crippen LogP contribution >= 0.6 is 0 Å². The number of para-hydroxylation sites is 1. The molecule has 2 heterocycles. The molecule has 1 unspecified atom stereocenters. The summed E-state index contributed by atoms with van der Waals surface area (Å²) in [6, 6.07) is 10.6. The molecule has 1 saturated heterocycles.